The molecule has 0 aromatic heterocycles. The van der Waals surface area contributed by atoms with E-state index >= 15 is 0 Å². The molecule has 0 saturated heterocycles. The number of carbonyl (C=O) groups is 2. The molecule has 0 rings (SSSR count). The zero-order valence-electron chi connectivity index (χ0n) is 13.4. The fraction of sp³-hybridized carbons (Fsp3) is 0.786. The Balaban J connectivity index is 5.18. The monoisotopic (exact) mass is 299 g/mol. The Hall–Kier alpha value is -1.26. The highest BCUT2D eigenvalue weighted by atomic mass is 32.1. The minimum Gasteiger partial charge on any atom is -0.347 e. The Morgan fingerprint density at radius 1 is 1.25 bits per heavy atom. The largest absolute Gasteiger partial charge is 0.347 e. The van der Waals surface area contributed by atoms with Crippen molar-refractivity contribution in [3.8, 4) is 0 Å². The zero-order valence-corrected chi connectivity index (χ0v) is 14.2. The molecule has 5 nitrogen and oxygen atoms in total. The predicted octanol–water partition coefficient (Wildman–Crippen LogP) is 1.73. The van der Waals surface area contributed by atoms with Gasteiger partial charge in [0.25, 0.3) is 0 Å². The van der Waals surface area contributed by atoms with E-state index in [9.17, 15) is 9.59 Å². The first kappa shape index (κ1) is 18.7. The Morgan fingerprint density at radius 3 is 2.05 bits per heavy atom. The van der Waals surface area contributed by atoms with E-state index in [1.54, 1.807) is 14.1 Å². The average molecular weight is 299 g/mol. The first-order valence-corrected chi connectivity index (χ1v) is 7.01. The van der Waals surface area contributed by atoms with E-state index in [0.29, 0.717) is 0 Å². The molecular weight excluding hydrogens is 274 g/mol. The molecular formula is C14H25N3O2S. The number of nitrogens with zero attached hydrogens (tertiary/aromatic N) is 2. The van der Waals surface area contributed by atoms with Crippen LogP contribution in [0.15, 0.2) is 4.99 Å². The number of hydrogen-bond acceptors (Lipinski definition) is 4. The number of aliphatic imine (C=N–C) groups is 1. The summed E-state index contributed by atoms with van der Waals surface area (Å²) in [6.07, 6.45) is 0. The second kappa shape index (κ2) is 7.50. The van der Waals surface area contributed by atoms with Gasteiger partial charge in [-0.1, -0.05) is 34.6 Å². The van der Waals surface area contributed by atoms with E-state index in [4.69, 9.17) is 0 Å². The summed E-state index contributed by atoms with van der Waals surface area (Å²) < 4.78 is 0. The van der Waals surface area contributed by atoms with Crippen LogP contribution in [0.4, 0.5) is 0 Å². The highest BCUT2D eigenvalue weighted by Crippen LogP contribution is 2.22. The van der Waals surface area contributed by atoms with Crippen molar-refractivity contribution in [2.24, 2.45) is 16.3 Å². The Labute approximate surface area is 126 Å². The number of isothiocyanates is 1. The SMILES string of the molecule is CC(C)[C@@H](NC(=O)[C@@H](N=C=S)C(C)(C)C)C(=O)N(C)C. The standard InChI is InChI=1S/C14H25N3O2S/c1-9(2)10(13(19)17(6)7)16-12(18)11(15-8-20)14(3,4)5/h9-11H,1-7H3,(H,16,18)/t10-,11-/m1/s1. The van der Waals surface area contributed by atoms with Crippen LogP contribution in [-0.4, -0.2) is 48.1 Å². The maximum atomic E-state index is 12.4. The highest BCUT2D eigenvalue weighted by Gasteiger charge is 2.34. The van der Waals surface area contributed by atoms with E-state index < -0.39 is 17.5 Å². The Kier molecular flexibility index (Phi) is 7.03. The summed E-state index contributed by atoms with van der Waals surface area (Å²) in [6.45, 7) is 9.46. The van der Waals surface area contributed by atoms with Crippen LogP contribution in [0.3, 0.4) is 0 Å². The number of hydrogen-bond donors (Lipinski definition) is 1. The lowest BCUT2D eigenvalue weighted by molar-refractivity contribution is -0.136. The van der Waals surface area contributed by atoms with E-state index in [2.05, 4.69) is 27.7 Å². The first-order valence-electron chi connectivity index (χ1n) is 6.60. The van der Waals surface area contributed by atoms with Gasteiger partial charge in [-0.15, -0.1) is 0 Å². The fourth-order valence-electron chi connectivity index (χ4n) is 1.72. The fourth-order valence-corrected chi connectivity index (χ4v) is 1.83. The first-order chi connectivity index (χ1) is 9.02. The molecule has 0 aromatic carbocycles. The van der Waals surface area contributed by atoms with Crippen molar-refractivity contribution in [1.29, 1.82) is 0 Å². The average Bonchev–Trinajstić information content (AvgIpc) is 2.29. The van der Waals surface area contributed by atoms with Gasteiger partial charge in [0.05, 0.1) is 5.16 Å². The second-order valence-electron chi connectivity index (χ2n) is 6.45. The molecule has 0 aliphatic rings. The molecule has 2 atom stereocenters. The molecule has 0 unspecified atom stereocenters. The topological polar surface area (TPSA) is 61.8 Å². The lowest BCUT2D eigenvalue weighted by Crippen LogP contribution is -2.53. The molecule has 0 radical (unpaired) electrons. The minimum atomic E-state index is -0.656. The van der Waals surface area contributed by atoms with Crippen molar-refractivity contribution in [3.05, 3.63) is 0 Å². The molecule has 0 heterocycles. The number of amides is 2. The Bertz CT molecular complexity index is 407. The van der Waals surface area contributed by atoms with Gasteiger partial charge in [0.1, 0.15) is 12.1 Å². The third kappa shape index (κ3) is 5.39. The van der Waals surface area contributed by atoms with Crippen molar-refractivity contribution in [2.75, 3.05) is 14.1 Å². The number of thiocarbonyl (C=S) groups is 1. The molecule has 0 aromatic rings. The molecule has 0 bridgehead atoms. The van der Waals surface area contributed by atoms with Crippen LogP contribution in [0.1, 0.15) is 34.6 Å². The normalized spacial score (nSPS) is 14.2. The van der Waals surface area contributed by atoms with Crippen molar-refractivity contribution in [2.45, 2.75) is 46.7 Å². The lowest BCUT2D eigenvalue weighted by atomic mass is 9.86. The molecule has 20 heavy (non-hydrogen) atoms. The van der Waals surface area contributed by atoms with Crippen LogP contribution in [0.25, 0.3) is 0 Å². The molecule has 0 aliphatic carbocycles. The van der Waals surface area contributed by atoms with Crippen molar-refractivity contribution in [3.63, 3.8) is 0 Å². The third-order valence-corrected chi connectivity index (χ3v) is 3.03. The molecule has 6 heteroatoms. The maximum absolute atomic E-state index is 12.4. The van der Waals surface area contributed by atoms with Gasteiger partial charge >= 0.3 is 0 Å². The molecule has 0 saturated carbocycles. The summed E-state index contributed by atoms with van der Waals surface area (Å²) in [5.74, 6) is -0.443. The van der Waals surface area contributed by atoms with Crippen LogP contribution in [0.5, 0.6) is 0 Å². The quantitative estimate of drug-likeness (QED) is 0.621. The Morgan fingerprint density at radius 2 is 1.75 bits per heavy atom. The van der Waals surface area contributed by atoms with E-state index in [1.165, 1.54) is 4.90 Å². The minimum absolute atomic E-state index is 0.00840. The van der Waals surface area contributed by atoms with E-state index in [-0.39, 0.29) is 17.7 Å². The maximum Gasteiger partial charge on any atom is 0.246 e. The summed E-state index contributed by atoms with van der Waals surface area (Å²) >= 11 is 4.60. The zero-order chi connectivity index (χ0) is 16.1. The van der Waals surface area contributed by atoms with Gasteiger partial charge in [0, 0.05) is 14.1 Å². The molecule has 1 N–H and O–H groups in total. The van der Waals surface area contributed by atoms with Crippen LogP contribution in [0, 0.1) is 11.3 Å². The highest BCUT2D eigenvalue weighted by molar-refractivity contribution is 7.78. The van der Waals surface area contributed by atoms with Gasteiger partial charge in [-0.2, -0.15) is 0 Å². The number of rotatable bonds is 5. The summed E-state index contributed by atoms with van der Waals surface area (Å²) in [7, 11) is 3.33. The molecule has 2 amide bonds. The molecule has 0 spiro atoms. The second-order valence-corrected chi connectivity index (χ2v) is 6.63. The van der Waals surface area contributed by atoms with Gasteiger partial charge in [-0.3, -0.25) is 9.59 Å². The van der Waals surface area contributed by atoms with Crippen LogP contribution in [0.2, 0.25) is 0 Å². The van der Waals surface area contributed by atoms with E-state index in [1.807, 2.05) is 34.6 Å². The summed E-state index contributed by atoms with van der Waals surface area (Å²) in [5.41, 5.74) is -0.390. The van der Waals surface area contributed by atoms with Crippen molar-refractivity contribution in [1.82, 2.24) is 10.2 Å². The lowest BCUT2D eigenvalue weighted by Gasteiger charge is -2.29. The summed E-state index contributed by atoms with van der Waals surface area (Å²) in [5, 5.41) is 5.04. The number of nitrogens with one attached hydrogen (secondary N) is 1. The molecule has 0 fully saturated rings. The summed E-state index contributed by atoms with van der Waals surface area (Å²) in [4.78, 5) is 29.9. The van der Waals surface area contributed by atoms with Crippen molar-refractivity contribution >= 4 is 29.2 Å². The van der Waals surface area contributed by atoms with Crippen LogP contribution >= 0.6 is 12.2 Å². The third-order valence-electron chi connectivity index (χ3n) is 2.92. The van der Waals surface area contributed by atoms with Crippen LogP contribution < -0.4 is 5.32 Å². The van der Waals surface area contributed by atoms with Gasteiger partial charge in [0.15, 0.2) is 0 Å². The van der Waals surface area contributed by atoms with Gasteiger partial charge < -0.3 is 10.2 Å². The number of carbonyl (C=O) groups excluding carboxylic acids is 2. The van der Waals surface area contributed by atoms with Gasteiger partial charge in [-0.05, 0) is 23.6 Å². The van der Waals surface area contributed by atoms with Crippen LogP contribution in [-0.2, 0) is 9.59 Å². The van der Waals surface area contributed by atoms with Gasteiger partial charge in [-0.25, -0.2) is 4.99 Å². The predicted molar refractivity (Wildman–Crippen MR) is 83.7 cm³/mol. The van der Waals surface area contributed by atoms with Gasteiger partial charge in [0.2, 0.25) is 11.8 Å². The van der Waals surface area contributed by atoms with E-state index in [0.717, 1.165) is 0 Å². The molecule has 0 aliphatic heterocycles. The molecule has 114 valence electrons. The van der Waals surface area contributed by atoms with Crippen molar-refractivity contribution < 1.29 is 9.59 Å². The summed E-state index contributed by atoms with van der Waals surface area (Å²) in [6, 6.07) is -1.22. The number of likely N-dealkylation sites (N-methyl/N-ethyl adjacent to an activating group) is 1. The smallest absolute Gasteiger partial charge is 0.246 e.